The highest BCUT2D eigenvalue weighted by Gasteiger charge is 2.35. The maximum Gasteiger partial charge on any atom is 0.267 e. The van der Waals surface area contributed by atoms with Gasteiger partial charge in [0.2, 0.25) is 10.0 Å². The number of benzene rings is 2. The van der Waals surface area contributed by atoms with Gasteiger partial charge < -0.3 is 10.1 Å². The molecule has 0 aliphatic carbocycles. The Kier molecular flexibility index (Phi) is 5.87. The molecule has 0 spiro atoms. The van der Waals surface area contributed by atoms with Gasteiger partial charge in [0.25, 0.3) is 5.91 Å². The number of carbonyl (C=O) groups is 1. The summed E-state index contributed by atoms with van der Waals surface area (Å²) in [7, 11) is -3.58. The Labute approximate surface area is 176 Å². The van der Waals surface area contributed by atoms with E-state index < -0.39 is 16.1 Å². The summed E-state index contributed by atoms with van der Waals surface area (Å²) in [5.74, 6) is -0.00450. The van der Waals surface area contributed by atoms with Crippen molar-refractivity contribution >= 4 is 39.1 Å². The van der Waals surface area contributed by atoms with Crippen LogP contribution >= 0.6 is 11.8 Å². The zero-order valence-corrected chi connectivity index (χ0v) is 18.9. The van der Waals surface area contributed by atoms with Crippen molar-refractivity contribution < 1.29 is 17.9 Å². The summed E-state index contributed by atoms with van der Waals surface area (Å²) in [6, 6.07) is 12.9. The minimum absolute atomic E-state index is 0.0759. The molecule has 0 aromatic heterocycles. The van der Waals surface area contributed by atoms with Crippen LogP contribution in [0.1, 0.15) is 26.3 Å². The van der Waals surface area contributed by atoms with Crippen molar-refractivity contribution in [3.05, 3.63) is 48.0 Å². The van der Waals surface area contributed by atoms with Crippen LogP contribution in [0.3, 0.4) is 0 Å². The highest BCUT2D eigenvalue weighted by atomic mass is 32.2. The Hall–Kier alpha value is -2.19. The van der Waals surface area contributed by atoms with Gasteiger partial charge >= 0.3 is 0 Å². The van der Waals surface area contributed by atoms with Crippen molar-refractivity contribution in [3.63, 3.8) is 0 Å². The van der Waals surface area contributed by atoms with E-state index >= 15 is 0 Å². The third-order valence-corrected chi connectivity index (χ3v) is 6.60. The van der Waals surface area contributed by atoms with Gasteiger partial charge in [-0.3, -0.25) is 9.10 Å². The van der Waals surface area contributed by atoms with Crippen LogP contribution in [0.25, 0.3) is 0 Å². The van der Waals surface area contributed by atoms with Gasteiger partial charge in [-0.05, 0) is 47.6 Å². The molecular weight excluding hydrogens is 408 g/mol. The number of ether oxygens (including phenoxy) is 1. The number of anilines is 2. The number of amides is 1. The van der Waals surface area contributed by atoms with Crippen LogP contribution in [0.4, 0.5) is 11.4 Å². The van der Waals surface area contributed by atoms with Crippen LogP contribution in [0.2, 0.25) is 0 Å². The van der Waals surface area contributed by atoms with E-state index in [1.54, 1.807) is 23.9 Å². The number of sulfonamides is 1. The highest BCUT2D eigenvalue weighted by Crippen LogP contribution is 2.38. The van der Waals surface area contributed by atoms with Crippen LogP contribution in [-0.2, 0) is 20.2 Å². The molecular formula is C21H26N2O4S2. The molecule has 1 atom stereocenters. The molecule has 3 rings (SSSR count). The minimum Gasteiger partial charge on any atom is -0.476 e. The zero-order chi connectivity index (χ0) is 21.4. The first-order chi connectivity index (χ1) is 13.5. The van der Waals surface area contributed by atoms with E-state index in [2.05, 4.69) is 26.1 Å². The summed E-state index contributed by atoms with van der Waals surface area (Å²) in [4.78, 5) is 13.8. The molecule has 1 aliphatic heterocycles. The van der Waals surface area contributed by atoms with Gasteiger partial charge in [0.15, 0.2) is 6.10 Å². The van der Waals surface area contributed by atoms with Gasteiger partial charge in [0.1, 0.15) is 5.75 Å². The topological polar surface area (TPSA) is 75.7 Å². The van der Waals surface area contributed by atoms with E-state index in [4.69, 9.17) is 4.74 Å². The molecule has 156 valence electrons. The lowest BCUT2D eigenvalue weighted by Gasteiger charge is -2.35. The quantitative estimate of drug-likeness (QED) is 0.740. The molecule has 0 bridgehead atoms. The standard InChI is InChI=1S/C21H26N2O4S2/c1-21(2,3)14-9-10-18-17(11-14)23(29(5,25)26)13-19(27-18)20(24)22-15-7-6-8-16(12-15)28-4/h6-12,19H,13H2,1-5H3,(H,22,24). The van der Waals surface area contributed by atoms with E-state index in [1.807, 2.05) is 36.6 Å². The fourth-order valence-electron chi connectivity index (χ4n) is 3.09. The van der Waals surface area contributed by atoms with Crippen molar-refractivity contribution in [1.29, 1.82) is 0 Å². The molecule has 1 heterocycles. The van der Waals surface area contributed by atoms with Gasteiger partial charge in [-0.1, -0.05) is 32.9 Å². The minimum atomic E-state index is -3.58. The second-order valence-electron chi connectivity index (χ2n) is 8.05. The van der Waals surface area contributed by atoms with Crippen LogP contribution in [0.5, 0.6) is 5.75 Å². The van der Waals surface area contributed by atoms with Gasteiger partial charge in [0, 0.05) is 10.6 Å². The van der Waals surface area contributed by atoms with E-state index in [9.17, 15) is 13.2 Å². The Morgan fingerprint density at radius 3 is 2.55 bits per heavy atom. The van der Waals surface area contributed by atoms with E-state index in [1.165, 1.54) is 4.31 Å². The number of hydrogen-bond acceptors (Lipinski definition) is 5. The summed E-state index contributed by atoms with van der Waals surface area (Å²) < 4.78 is 32.1. The summed E-state index contributed by atoms with van der Waals surface area (Å²) in [5, 5.41) is 2.83. The number of thioether (sulfide) groups is 1. The fraction of sp³-hybridized carbons (Fsp3) is 0.381. The summed E-state index contributed by atoms with van der Waals surface area (Å²) in [6.45, 7) is 6.10. The molecule has 0 radical (unpaired) electrons. The SMILES string of the molecule is CSc1cccc(NC(=O)C2CN(S(C)(=O)=O)c3cc(C(C)(C)C)ccc3O2)c1. The number of nitrogens with one attached hydrogen (secondary N) is 1. The molecule has 0 saturated carbocycles. The summed E-state index contributed by atoms with van der Waals surface area (Å²) in [5.41, 5.74) is 1.96. The molecule has 8 heteroatoms. The number of rotatable bonds is 4. The molecule has 29 heavy (non-hydrogen) atoms. The van der Waals surface area contributed by atoms with Crippen LogP contribution < -0.4 is 14.4 Å². The third-order valence-electron chi connectivity index (χ3n) is 4.72. The molecule has 1 unspecified atom stereocenters. The fourth-order valence-corrected chi connectivity index (χ4v) is 4.46. The van der Waals surface area contributed by atoms with Gasteiger partial charge in [0.05, 0.1) is 18.5 Å². The molecule has 6 nitrogen and oxygen atoms in total. The number of carbonyl (C=O) groups excluding carboxylic acids is 1. The summed E-state index contributed by atoms with van der Waals surface area (Å²) in [6.07, 6.45) is 2.15. The lowest BCUT2D eigenvalue weighted by atomic mass is 9.86. The molecule has 1 amide bonds. The van der Waals surface area contributed by atoms with Crippen LogP contribution in [0, 0.1) is 0 Å². The number of nitrogens with zero attached hydrogens (tertiary/aromatic N) is 1. The Morgan fingerprint density at radius 2 is 1.93 bits per heavy atom. The smallest absolute Gasteiger partial charge is 0.267 e. The first-order valence-electron chi connectivity index (χ1n) is 9.23. The van der Waals surface area contributed by atoms with Gasteiger partial charge in [-0.15, -0.1) is 11.8 Å². The van der Waals surface area contributed by atoms with E-state index in [0.717, 1.165) is 16.7 Å². The Bertz CT molecular complexity index is 1030. The first-order valence-corrected chi connectivity index (χ1v) is 12.3. The lowest BCUT2D eigenvalue weighted by Crippen LogP contribution is -2.48. The molecule has 2 aromatic carbocycles. The van der Waals surface area contributed by atoms with Crippen molar-refractivity contribution in [3.8, 4) is 5.75 Å². The molecule has 2 aromatic rings. The third kappa shape index (κ3) is 4.87. The predicted molar refractivity (Wildman–Crippen MR) is 119 cm³/mol. The van der Waals surface area contributed by atoms with E-state index in [-0.39, 0.29) is 17.9 Å². The summed E-state index contributed by atoms with van der Waals surface area (Å²) >= 11 is 1.57. The van der Waals surface area contributed by atoms with Crippen LogP contribution in [0.15, 0.2) is 47.4 Å². The van der Waals surface area contributed by atoms with Gasteiger partial charge in [-0.25, -0.2) is 8.42 Å². The largest absolute Gasteiger partial charge is 0.476 e. The number of hydrogen-bond donors (Lipinski definition) is 1. The average Bonchev–Trinajstić information content (AvgIpc) is 2.65. The first kappa shape index (κ1) is 21.5. The lowest BCUT2D eigenvalue weighted by molar-refractivity contribution is -0.122. The van der Waals surface area contributed by atoms with E-state index in [0.29, 0.717) is 17.1 Å². The predicted octanol–water partition coefficient (Wildman–Crippen LogP) is 3.87. The molecule has 1 aliphatic rings. The highest BCUT2D eigenvalue weighted by molar-refractivity contribution is 7.98. The Balaban J connectivity index is 1.91. The van der Waals surface area contributed by atoms with Crippen LogP contribution in [-0.4, -0.2) is 39.5 Å². The maximum absolute atomic E-state index is 12.8. The average molecular weight is 435 g/mol. The molecule has 0 saturated heterocycles. The zero-order valence-electron chi connectivity index (χ0n) is 17.2. The second kappa shape index (κ2) is 7.91. The van der Waals surface area contributed by atoms with Crippen molar-refractivity contribution in [2.24, 2.45) is 0 Å². The maximum atomic E-state index is 12.8. The van der Waals surface area contributed by atoms with Crippen molar-refractivity contribution in [2.75, 3.05) is 28.7 Å². The molecule has 1 N–H and O–H groups in total. The molecule has 0 fully saturated rings. The Morgan fingerprint density at radius 1 is 1.21 bits per heavy atom. The number of fused-ring (bicyclic) bond motifs is 1. The monoisotopic (exact) mass is 434 g/mol. The normalized spacial score (nSPS) is 16.7. The van der Waals surface area contributed by atoms with Crippen molar-refractivity contribution in [1.82, 2.24) is 0 Å². The second-order valence-corrected chi connectivity index (χ2v) is 10.8. The van der Waals surface area contributed by atoms with Gasteiger partial charge in [-0.2, -0.15) is 0 Å². The van der Waals surface area contributed by atoms with Crippen molar-refractivity contribution in [2.45, 2.75) is 37.2 Å².